The largest absolute Gasteiger partial charge is 0.513 e. The first-order valence-electron chi connectivity index (χ1n) is 24.0. The van der Waals surface area contributed by atoms with E-state index in [1.165, 1.54) is 60.2 Å². The number of amides is 1. The summed E-state index contributed by atoms with van der Waals surface area (Å²) in [6.45, 7) is 11.1. The molecule has 360 valence electrons. The van der Waals surface area contributed by atoms with Crippen LogP contribution < -0.4 is 10.6 Å². The van der Waals surface area contributed by atoms with Gasteiger partial charge >= 0.3 is 11.6 Å². The molecule has 0 atom stereocenters. The van der Waals surface area contributed by atoms with E-state index in [4.69, 9.17) is 9.47 Å². The minimum atomic E-state index is -0.975. The minimum absolute atomic E-state index is 0.191. The van der Waals surface area contributed by atoms with Crippen molar-refractivity contribution in [1.29, 1.82) is 0 Å². The van der Waals surface area contributed by atoms with Gasteiger partial charge in [-0.3, -0.25) is 4.79 Å². The molecule has 4 aromatic carbocycles. The van der Waals surface area contributed by atoms with Crippen LogP contribution in [-0.4, -0.2) is 46.8 Å². The lowest BCUT2D eigenvalue weighted by atomic mass is 9.79. The summed E-state index contributed by atoms with van der Waals surface area (Å²) in [6.07, 6.45) is 18.5. The predicted molar refractivity (Wildman–Crippen MR) is 265 cm³/mol. The van der Waals surface area contributed by atoms with Crippen LogP contribution in [0, 0.1) is 24.2 Å². The van der Waals surface area contributed by atoms with E-state index >= 15 is 0 Å². The molecule has 2 saturated carbocycles. The molecule has 0 saturated heterocycles. The summed E-state index contributed by atoms with van der Waals surface area (Å²) in [5, 5.41) is 18.2. The third-order valence-corrected chi connectivity index (χ3v) is 13.8. The zero-order valence-corrected chi connectivity index (χ0v) is 40.6. The number of hydrogen-bond acceptors (Lipinski definition) is 8. The van der Waals surface area contributed by atoms with Gasteiger partial charge in [0.25, 0.3) is 5.91 Å². The smallest absolute Gasteiger partial charge is 0.510 e. The fourth-order valence-electron chi connectivity index (χ4n) is 10.5. The van der Waals surface area contributed by atoms with Gasteiger partial charge in [0.05, 0.1) is 23.3 Å². The number of terminal acetylenes is 1. The summed E-state index contributed by atoms with van der Waals surface area (Å²) < 4.78 is 41.7. The van der Waals surface area contributed by atoms with Crippen molar-refractivity contribution in [3.8, 4) is 34.8 Å². The Bertz CT molecular complexity index is 2570. The average Bonchev–Trinajstić information content (AvgIpc) is 3.78. The highest BCUT2D eigenvalue weighted by Gasteiger charge is 2.50. The Hall–Kier alpha value is -5.96. The van der Waals surface area contributed by atoms with Crippen molar-refractivity contribution in [3.05, 3.63) is 129 Å². The molecule has 1 amide bonds. The van der Waals surface area contributed by atoms with Gasteiger partial charge in [-0.15, -0.1) is 0 Å². The van der Waals surface area contributed by atoms with E-state index in [1.54, 1.807) is 25.2 Å². The Morgan fingerprint density at radius 2 is 1.19 bits per heavy atom. The lowest BCUT2D eigenvalue weighted by Crippen LogP contribution is -2.46. The van der Waals surface area contributed by atoms with E-state index in [0.29, 0.717) is 29.9 Å². The summed E-state index contributed by atoms with van der Waals surface area (Å²) in [7, 11) is 0. The highest BCUT2D eigenvalue weighted by atomic mass is 35.5. The molecule has 0 unspecified atom stereocenters. The SMILES string of the molecule is C#COC(=O)Cl.CCOC(=O)OC1=C(c2c(CC)ccc(-c3ccc(F)cc3)c2CC)C(=O)NC12CCCCC2.CCc1ccc(-c2ccc(F)cc2)c(CC)c1C1=C(O)C2(CCCCC2)NC1. The van der Waals surface area contributed by atoms with Crippen LogP contribution in [0.1, 0.15) is 132 Å². The molecule has 0 radical (unpaired) electrons. The number of carbonyl (C=O) groups excluding carboxylic acids is 3. The molecule has 4 aliphatic rings. The number of rotatable bonds is 10. The Labute approximate surface area is 404 Å². The number of ether oxygens (including phenoxy) is 3. The van der Waals surface area contributed by atoms with Crippen molar-refractivity contribution >= 4 is 40.2 Å². The molecule has 0 bridgehead atoms. The fraction of sp³-hybridized carbons (Fsp3) is 0.411. The highest BCUT2D eigenvalue weighted by Crippen LogP contribution is 2.47. The number of nitrogens with one attached hydrogen (secondary N) is 2. The molecule has 3 N–H and O–H groups in total. The van der Waals surface area contributed by atoms with Gasteiger partial charge in [0, 0.05) is 23.7 Å². The number of carbonyl (C=O) groups is 3. The number of aliphatic hydroxyl groups is 1. The number of aryl methyl sites for hydroxylation is 2. The molecular formula is C56H63ClF2N2O7. The van der Waals surface area contributed by atoms with Gasteiger partial charge in [-0.1, -0.05) is 121 Å². The van der Waals surface area contributed by atoms with Crippen molar-refractivity contribution in [1.82, 2.24) is 10.6 Å². The second-order valence-electron chi connectivity index (χ2n) is 17.5. The third-order valence-electron chi connectivity index (χ3n) is 13.7. The van der Waals surface area contributed by atoms with E-state index in [2.05, 4.69) is 59.4 Å². The van der Waals surface area contributed by atoms with E-state index in [1.807, 2.05) is 38.1 Å². The van der Waals surface area contributed by atoms with E-state index < -0.39 is 17.1 Å². The summed E-state index contributed by atoms with van der Waals surface area (Å²) >= 11 is 4.57. The molecule has 2 fully saturated rings. The van der Waals surface area contributed by atoms with Gasteiger partial charge in [-0.2, -0.15) is 0 Å². The van der Waals surface area contributed by atoms with Crippen LogP contribution in [0.15, 0.2) is 84.3 Å². The summed E-state index contributed by atoms with van der Waals surface area (Å²) in [6, 6.07) is 21.5. The molecule has 68 heavy (non-hydrogen) atoms. The van der Waals surface area contributed by atoms with Crippen LogP contribution in [0.25, 0.3) is 33.4 Å². The lowest BCUT2D eigenvalue weighted by Gasteiger charge is -2.34. The molecule has 8 rings (SSSR count). The van der Waals surface area contributed by atoms with Crippen molar-refractivity contribution < 1.29 is 42.5 Å². The first-order valence-corrected chi connectivity index (χ1v) is 24.4. The monoisotopic (exact) mass is 948 g/mol. The molecule has 2 aliphatic heterocycles. The minimum Gasteiger partial charge on any atom is -0.510 e. The fourth-order valence-corrected chi connectivity index (χ4v) is 10.6. The van der Waals surface area contributed by atoms with Crippen molar-refractivity contribution in [2.75, 3.05) is 13.2 Å². The van der Waals surface area contributed by atoms with Crippen molar-refractivity contribution in [2.45, 2.75) is 136 Å². The Morgan fingerprint density at radius 1 is 0.706 bits per heavy atom. The molecular weight excluding hydrogens is 886 g/mol. The zero-order chi connectivity index (χ0) is 49.0. The Kier molecular flexibility index (Phi) is 17.7. The molecule has 2 spiro atoms. The Balaban J connectivity index is 0.000000203. The second-order valence-corrected chi connectivity index (χ2v) is 17.9. The van der Waals surface area contributed by atoms with Crippen LogP contribution in [0.5, 0.6) is 0 Å². The maximum absolute atomic E-state index is 13.6. The third kappa shape index (κ3) is 11.1. The zero-order valence-electron chi connectivity index (χ0n) is 39.8. The summed E-state index contributed by atoms with van der Waals surface area (Å²) in [5.74, 6) is 0.215. The van der Waals surface area contributed by atoms with Crippen molar-refractivity contribution in [3.63, 3.8) is 0 Å². The first kappa shape index (κ1) is 51.4. The van der Waals surface area contributed by atoms with Gasteiger partial charge in [0.1, 0.15) is 29.3 Å². The van der Waals surface area contributed by atoms with Crippen LogP contribution >= 0.6 is 11.6 Å². The van der Waals surface area contributed by atoms with Gasteiger partial charge in [0.2, 0.25) is 0 Å². The number of hydrogen-bond donors (Lipinski definition) is 3. The normalized spacial score (nSPS) is 16.8. The van der Waals surface area contributed by atoms with Crippen LogP contribution in [0.4, 0.5) is 18.4 Å². The molecule has 0 aromatic heterocycles. The number of benzene rings is 4. The molecule has 2 heterocycles. The molecule has 9 nitrogen and oxygen atoms in total. The topological polar surface area (TPSA) is 123 Å². The second kappa shape index (κ2) is 23.4. The number of aliphatic hydroxyl groups excluding tert-OH is 1. The average molecular weight is 950 g/mol. The van der Waals surface area contributed by atoms with E-state index in [0.717, 1.165) is 109 Å². The predicted octanol–water partition coefficient (Wildman–Crippen LogP) is 13.5. The van der Waals surface area contributed by atoms with Crippen LogP contribution in [0.3, 0.4) is 0 Å². The molecule has 4 aromatic rings. The maximum atomic E-state index is 13.6. The van der Waals surface area contributed by atoms with E-state index in [9.17, 15) is 28.3 Å². The summed E-state index contributed by atoms with van der Waals surface area (Å²) in [5.41, 5.74) is 10.1. The van der Waals surface area contributed by atoms with Crippen LogP contribution in [0.2, 0.25) is 0 Å². The maximum Gasteiger partial charge on any atom is 0.513 e. The molecule has 12 heteroatoms. The Morgan fingerprint density at radius 3 is 1.63 bits per heavy atom. The van der Waals surface area contributed by atoms with Gasteiger partial charge in [-0.25, -0.2) is 18.4 Å². The summed E-state index contributed by atoms with van der Waals surface area (Å²) in [4.78, 5) is 35.5. The quantitative estimate of drug-likeness (QED) is 0.0816. The van der Waals surface area contributed by atoms with Crippen molar-refractivity contribution in [2.24, 2.45) is 0 Å². The number of halogens is 3. The molecule has 2 aliphatic carbocycles. The highest BCUT2D eigenvalue weighted by molar-refractivity contribution is 6.61. The van der Waals surface area contributed by atoms with E-state index in [-0.39, 0.29) is 29.7 Å². The van der Waals surface area contributed by atoms with Gasteiger partial charge < -0.3 is 30.0 Å². The van der Waals surface area contributed by atoms with Gasteiger partial charge in [-0.05, 0) is 138 Å². The lowest BCUT2D eigenvalue weighted by molar-refractivity contribution is -0.116. The first-order chi connectivity index (χ1) is 32.8. The van der Waals surface area contributed by atoms with Gasteiger partial charge in [0.15, 0.2) is 0 Å². The van der Waals surface area contributed by atoms with Crippen LogP contribution in [-0.2, 0) is 44.7 Å². The standard InChI is InChI=1S/C28H32FNO4.C25H30FNO.C3HClO2/c1-4-18-12-15-22(19-10-13-20(29)14-11-19)21(5-2)23(18)24-25(34-27(32)33-6-3)28(30-26(24)31)16-8-7-9-17-28;1-3-17-10-13-21(18-8-11-19(26)12-9-18)20(4-2)23(17)22-16-27-25(24(22)28)14-6-5-7-15-25;1-2-6-3(4)5/h10-15H,4-9,16-17H2,1-3H3,(H,30,31);8-13,27-28H,3-7,14-16H2,1-2H3;1H.